The Morgan fingerprint density at radius 2 is 2.00 bits per heavy atom. The Hall–Kier alpha value is -3.13. The van der Waals surface area contributed by atoms with Crippen LogP contribution >= 0.6 is 0 Å². The van der Waals surface area contributed by atoms with Crippen molar-refractivity contribution in [1.82, 2.24) is 14.5 Å². The van der Waals surface area contributed by atoms with Crippen molar-refractivity contribution in [1.29, 1.82) is 0 Å². The number of nitrogen functional groups attached to an aromatic ring is 1. The zero-order valence-corrected chi connectivity index (χ0v) is 15.9. The smallest absolute Gasteiger partial charge is 0.253 e. The minimum atomic E-state index is -0.640. The lowest BCUT2D eigenvalue weighted by molar-refractivity contribution is 0.0836. The molecule has 2 aromatic heterocycles. The van der Waals surface area contributed by atoms with Crippen LogP contribution in [0.1, 0.15) is 46.1 Å². The topological polar surface area (TPSA) is 129 Å². The van der Waals surface area contributed by atoms with Gasteiger partial charge in [0.25, 0.3) is 5.91 Å². The van der Waals surface area contributed by atoms with Crippen LogP contribution in [-0.2, 0) is 4.74 Å². The number of phenols is 1. The normalized spacial score (nSPS) is 15.2. The molecule has 0 atom stereocenters. The van der Waals surface area contributed by atoms with E-state index in [4.69, 9.17) is 21.2 Å². The van der Waals surface area contributed by atoms with Crippen LogP contribution in [0.4, 0.5) is 5.82 Å². The molecule has 3 aromatic rings. The lowest BCUT2D eigenvalue weighted by Gasteiger charge is -2.21. The molecule has 0 radical (unpaired) electrons. The maximum atomic E-state index is 12.1. The minimum absolute atomic E-state index is 0.140. The summed E-state index contributed by atoms with van der Waals surface area (Å²) in [5.74, 6) is 0.574. The number of nitrogens with zero attached hydrogens (tertiary/aromatic N) is 3. The first kappa shape index (κ1) is 18.2. The summed E-state index contributed by atoms with van der Waals surface area (Å²) in [6.45, 7) is 5.06. The van der Waals surface area contributed by atoms with Crippen molar-refractivity contribution in [3.8, 4) is 11.4 Å². The number of ether oxygens (including phenoxy) is 1. The Labute approximate surface area is 162 Å². The van der Waals surface area contributed by atoms with Crippen LogP contribution in [0.2, 0.25) is 0 Å². The average molecular weight is 381 g/mol. The summed E-state index contributed by atoms with van der Waals surface area (Å²) >= 11 is 0. The summed E-state index contributed by atoms with van der Waals surface area (Å²) < 4.78 is 7.13. The number of amides is 1. The molecular weight excluding hydrogens is 358 g/mol. The van der Waals surface area contributed by atoms with Crippen LogP contribution in [0.3, 0.4) is 0 Å². The van der Waals surface area contributed by atoms with Crippen LogP contribution in [0.5, 0.6) is 5.75 Å². The quantitative estimate of drug-likeness (QED) is 0.638. The number of nitrogens with two attached hydrogens (primary N) is 2. The van der Waals surface area contributed by atoms with E-state index in [0.29, 0.717) is 41.3 Å². The van der Waals surface area contributed by atoms with Crippen LogP contribution in [0.15, 0.2) is 18.3 Å². The van der Waals surface area contributed by atoms with Gasteiger partial charge in [0.05, 0.1) is 16.6 Å². The number of benzene rings is 1. The van der Waals surface area contributed by atoms with E-state index in [1.54, 1.807) is 29.8 Å². The molecule has 1 saturated heterocycles. The van der Waals surface area contributed by atoms with Gasteiger partial charge < -0.3 is 21.3 Å². The van der Waals surface area contributed by atoms with E-state index in [-0.39, 0.29) is 23.0 Å². The van der Waals surface area contributed by atoms with Gasteiger partial charge in [-0.25, -0.2) is 9.97 Å². The Kier molecular flexibility index (Phi) is 4.43. The number of phenolic OH excluding ortho intramolecular Hbond substituents is 1. The summed E-state index contributed by atoms with van der Waals surface area (Å²) in [6, 6.07) is 3.43. The van der Waals surface area contributed by atoms with E-state index >= 15 is 0 Å². The molecule has 0 spiro atoms. The first-order valence-corrected chi connectivity index (χ1v) is 9.24. The highest BCUT2D eigenvalue weighted by atomic mass is 16.5. The maximum absolute atomic E-state index is 12.1. The Balaban J connectivity index is 2.03. The van der Waals surface area contributed by atoms with Crippen molar-refractivity contribution in [3.63, 3.8) is 0 Å². The second-order valence-electron chi connectivity index (χ2n) is 7.19. The molecule has 28 heavy (non-hydrogen) atoms. The Morgan fingerprint density at radius 3 is 2.68 bits per heavy atom. The number of fused-ring (bicyclic) bond motifs is 1. The molecule has 0 aliphatic carbocycles. The van der Waals surface area contributed by atoms with Crippen molar-refractivity contribution in [2.75, 3.05) is 18.9 Å². The molecule has 1 fully saturated rings. The molecule has 0 unspecified atom stereocenters. The van der Waals surface area contributed by atoms with Crippen LogP contribution in [-0.4, -0.2) is 38.8 Å². The number of anilines is 1. The molecule has 146 valence electrons. The fourth-order valence-electron chi connectivity index (χ4n) is 3.90. The van der Waals surface area contributed by atoms with Crippen molar-refractivity contribution < 1.29 is 14.6 Å². The molecule has 1 aliphatic heterocycles. The van der Waals surface area contributed by atoms with Crippen LogP contribution < -0.4 is 11.5 Å². The summed E-state index contributed by atoms with van der Waals surface area (Å²) in [5, 5.41) is 10.7. The van der Waals surface area contributed by atoms with Gasteiger partial charge in [-0.1, -0.05) is 6.07 Å². The molecule has 3 heterocycles. The van der Waals surface area contributed by atoms with E-state index < -0.39 is 5.91 Å². The van der Waals surface area contributed by atoms with E-state index in [1.165, 1.54) is 0 Å². The number of primary amides is 1. The number of rotatable bonds is 3. The molecule has 0 saturated carbocycles. The number of aromatic nitrogens is 3. The van der Waals surface area contributed by atoms with Crippen LogP contribution in [0.25, 0.3) is 16.7 Å². The number of hydrogen-bond acceptors (Lipinski definition) is 6. The lowest BCUT2D eigenvalue weighted by Crippen LogP contribution is -2.16. The fourth-order valence-corrected chi connectivity index (χ4v) is 3.90. The van der Waals surface area contributed by atoms with E-state index in [9.17, 15) is 9.90 Å². The van der Waals surface area contributed by atoms with Crippen LogP contribution in [0, 0.1) is 13.8 Å². The average Bonchev–Trinajstić information content (AvgIpc) is 2.97. The van der Waals surface area contributed by atoms with E-state index in [2.05, 4.69) is 4.98 Å². The number of carbonyl (C=O) groups is 1. The highest BCUT2D eigenvalue weighted by Gasteiger charge is 2.26. The molecule has 4 rings (SSSR count). The van der Waals surface area contributed by atoms with Gasteiger partial charge in [-0.2, -0.15) is 0 Å². The van der Waals surface area contributed by atoms with Gasteiger partial charge in [-0.05, 0) is 38.3 Å². The fraction of sp³-hybridized carbons (Fsp3) is 0.350. The van der Waals surface area contributed by atoms with Gasteiger partial charge in [-0.15, -0.1) is 0 Å². The largest absolute Gasteiger partial charge is 0.508 e. The summed E-state index contributed by atoms with van der Waals surface area (Å²) in [7, 11) is 0. The Morgan fingerprint density at radius 1 is 1.29 bits per heavy atom. The first-order valence-electron chi connectivity index (χ1n) is 9.24. The summed E-state index contributed by atoms with van der Waals surface area (Å²) in [5.41, 5.74) is 14.9. The molecule has 8 heteroatoms. The van der Waals surface area contributed by atoms with E-state index in [0.717, 1.165) is 18.4 Å². The lowest BCUT2D eigenvalue weighted by atomic mass is 9.99. The second kappa shape index (κ2) is 6.79. The number of aryl methyl sites for hydroxylation is 1. The van der Waals surface area contributed by atoms with E-state index in [1.807, 2.05) is 6.92 Å². The second-order valence-corrected chi connectivity index (χ2v) is 7.19. The molecule has 8 nitrogen and oxygen atoms in total. The minimum Gasteiger partial charge on any atom is -0.508 e. The van der Waals surface area contributed by atoms with Crippen molar-refractivity contribution in [2.24, 2.45) is 5.73 Å². The van der Waals surface area contributed by atoms with Gasteiger partial charge in [0, 0.05) is 30.9 Å². The van der Waals surface area contributed by atoms with Crippen molar-refractivity contribution in [3.05, 3.63) is 40.8 Å². The molecule has 5 N–H and O–H groups in total. The molecule has 1 amide bonds. The maximum Gasteiger partial charge on any atom is 0.253 e. The zero-order valence-electron chi connectivity index (χ0n) is 15.9. The third-order valence-electron chi connectivity index (χ3n) is 5.43. The van der Waals surface area contributed by atoms with Gasteiger partial charge in [-0.3, -0.25) is 9.36 Å². The SMILES string of the molecule is Cc1ccc(O)c(C)c1-n1c(N)c(C(N)=O)c2cnc(C3CCOCC3)nc21. The zero-order chi connectivity index (χ0) is 20.0. The molecule has 1 aromatic carbocycles. The van der Waals surface area contributed by atoms with Gasteiger partial charge in [0.15, 0.2) is 5.65 Å². The van der Waals surface area contributed by atoms with Crippen molar-refractivity contribution in [2.45, 2.75) is 32.6 Å². The highest BCUT2D eigenvalue weighted by Crippen LogP contribution is 2.36. The predicted octanol–water partition coefficient (Wildman–Crippen LogP) is 2.32. The summed E-state index contributed by atoms with van der Waals surface area (Å²) in [6.07, 6.45) is 3.30. The predicted molar refractivity (Wildman–Crippen MR) is 106 cm³/mol. The number of hydrogen-bond donors (Lipinski definition) is 3. The van der Waals surface area contributed by atoms with Crippen molar-refractivity contribution >= 4 is 22.8 Å². The molecule has 0 bridgehead atoms. The number of aromatic hydroxyl groups is 1. The standard InChI is InChI=1S/C20H23N5O3/c1-10-3-4-14(26)11(2)16(10)25-17(21)15(18(22)27)13-9-23-19(24-20(13)25)12-5-7-28-8-6-12/h3-4,9,12,26H,5-8,21H2,1-2H3,(H2,22,27). The number of carbonyl (C=O) groups excluding carboxylic acids is 1. The third-order valence-corrected chi connectivity index (χ3v) is 5.43. The third kappa shape index (κ3) is 2.77. The highest BCUT2D eigenvalue weighted by molar-refractivity contribution is 6.10. The van der Waals surface area contributed by atoms with Gasteiger partial charge in [0.2, 0.25) is 0 Å². The summed E-state index contributed by atoms with van der Waals surface area (Å²) in [4.78, 5) is 21.4. The molecular formula is C20H23N5O3. The molecule has 1 aliphatic rings. The van der Waals surface area contributed by atoms with Gasteiger partial charge in [0.1, 0.15) is 17.4 Å². The Bertz CT molecular complexity index is 1080. The first-order chi connectivity index (χ1) is 13.4. The van der Waals surface area contributed by atoms with Gasteiger partial charge >= 0.3 is 0 Å². The monoisotopic (exact) mass is 381 g/mol.